The van der Waals surface area contributed by atoms with Gasteiger partial charge in [0.05, 0.1) is 5.56 Å². The molecule has 2 rings (SSSR count). The molecule has 0 fully saturated rings. The van der Waals surface area contributed by atoms with Crippen molar-refractivity contribution >= 4 is 17.2 Å². The Balaban J connectivity index is 2.00. The summed E-state index contributed by atoms with van der Waals surface area (Å²) < 4.78 is 26.1. The van der Waals surface area contributed by atoms with Crippen molar-refractivity contribution in [2.45, 2.75) is 13.0 Å². The van der Waals surface area contributed by atoms with E-state index in [9.17, 15) is 18.7 Å². The molecular formula is C14H13F2NO2S. The van der Waals surface area contributed by atoms with Gasteiger partial charge in [0.2, 0.25) is 0 Å². The zero-order valence-electron chi connectivity index (χ0n) is 10.7. The zero-order chi connectivity index (χ0) is 14.7. The van der Waals surface area contributed by atoms with Crippen LogP contribution < -0.4 is 5.32 Å². The first-order valence-electron chi connectivity index (χ1n) is 5.94. The van der Waals surface area contributed by atoms with Crippen LogP contribution in [0.25, 0.3) is 0 Å². The van der Waals surface area contributed by atoms with Gasteiger partial charge in [-0.25, -0.2) is 8.78 Å². The molecule has 2 aromatic rings. The van der Waals surface area contributed by atoms with Crippen LogP contribution in [0.1, 0.15) is 26.9 Å². The van der Waals surface area contributed by atoms with Crippen molar-refractivity contribution in [1.29, 1.82) is 0 Å². The van der Waals surface area contributed by atoms with E-state index in [2.05, 4.69) is 5.32 Å². The number of aryl methyl sites for hydroxylation is 1. The minimum Gasteiger partial charge on any atom is -0.386 e. The first-order valence-corrected chi connectivity index (χ1v) is 6.82. The maximum absolute atomic E-state index is 13.4. The van der Waals surface area contributed by atoms with Gasteiger partial charge in [-0.15, -0.1) is 11.3 Å². The Morgan fingerprint density at radius 2 is 2.15 bits per heavy atom. The van der Waals surface area contributed by atoms with Gasteiger partial charge in [0.25, 0.3) is 5.91 Å². The molecular weight excluding hydrogens is 284 g/mol. The summed E-state index contributed by atoms with van der Waals surface area (Å²) in [7, 11) is 0. The third-order valence-electron chi connectivity index (χ3n) is 2.84. The maximum atomic E-state index is 13.4. The molecule has 0 bridgehead atoms. The molecule has 0 saturated heterocycles. The fraction of sp³-hybridized carbons (Fsp3) is 0.214. The minimum absolute atomic E-state index is 0.0308. The Morgan fingerprint density at radius 1 is 1.40 bits per heavy atom. The van der Waals surface area contributed by atoms with Crippen molar-refractivity contribution in [1.82, 2.24) is 5.32 Å². The van der Waals surface area contributed by atoms with Gasteiger partial charge < -0.3 is 10.4 Å². The van der Waals surface area contributed by atoms with Gasteiger partial charge in [-0.1, -0.05) is 0 Å². The predicted molar refractivity (Wildman–Crippen MR) is 72.7 cm³/mol. The molecule has 1 heterocycles. The van der Waals surface area contributed by atoms with E-state index in [4.69, 9.17) is 0 Å². The number of hydrogen-bond donors (Lipinski definition) is 2. The van der Waals surface area contributed by atoms with E-state index in [0.717, 1.165) is 22.6 Å². The molecule has 0 spiro atoms. The summed E-state index contributed by atoms with van der Waals surface area (Å²) in [6.45, 7) is 1.83. The molecule has 0 aliphatic carbocycles. The SMILES string of the molecule is Cc1ccsc1C(O)CNC(=O)c1ccc(F)cc1F. The van der Waals surface area contributed by atoms with Crippen LogP contribution in [-0.2, 0) is 0 Å². The van der Waals surface area contributed by atoms with Crippen LogP contribution in [0.5, 0.6) is 0 Å². The number of hydrogen-bond acceptors (Lipinski definition) is 3. The fourth-order valence-corrected chi connectivity index (χ4v) is 2.69. The van der Waals surface area contributed by atoms with Gasteiger partial charge >= 0.3 is 0 Å². The van der Waals surface area contributed by atoms with Gasteiger partial charge in [0.1, 0.15) is 17.7 Å². The molecule has 0 aliphatic heterocycles. The summed E-state index contributed by atoms with van der Waals surface area (Å²) in [6, 6.07) is 4.60. The van der Waals surface area contributed by atoms with Crippen LogP contribution >= 0.6 is 11.3 Å². The van der Waals surface area contributed by atoms with Crippen LogP contribution in [0.3, 0.4) is 0 Å². The van der Waals surface area contributed by atoms with Crippen LogP contribution in [0.2, 0.25) is 0 Å². The second-order valence-corrected chi connectivity index (χ2v) is 5.27. The largest absolute Gasteiger partial charge is 0.386 e. The smallest absolute Gasteiger partial charge is 0.254 e. The molecule has 1 amide bonds. The molecule has 0 saturated carbocycles. The van der Waals surface area contributed by atoms with Crippen molar-refractivity contribution < 1.29 is 18.7 Å². The van der Waals surface area contributed by atoms with E-state index >= 15 is 0 Å². The Morgan fingerprint density at radius 3 is 2.75 bits per heavy atom. The number of aliphatic hydroxyl groups excluding tert-OH is 1. The molecule has 0 aliphatic rings. The first kappa shape index (κ1) is 14.6. The molecule has 106 valence electrons. The number of halogens is 2. The van der Waals surface area contributed by atoms with Crippen molar-refractivity contribution in [3.8, 4) is 0 Å². The van der Waals surface area contributed by atoms with E-state index in [-0.39, 0.29) is 12.1 Å². The number of benzene rings is 1. The molecule has 3 nitrogen and oxygen atoms in total. The van der Waals surface area contributed by atoms with E-state index < -0.39 is 23.6 Å². The molecule has 0 radical (unpaired) electrons. The van der Waals surface area contributed by atoms with Crippen LogP contribution in [0.15, 0.2) is 29.6 Å². The average Bonchev–Trinajstić information content (AvgIpc) is 2.82. The van der Waals surface area contributed by atoms with E-state index in [0.29, 0.717) is 6.07 Å². The number of amides is 1. The highest BCUT2D eigenvalue weighted by Crippen LogP contribution is 2.23. The monoisotopic (exact) mass is 297 g/mol. The molecule has 2 N–H and O–H groups in total. The van der Waals surface area contributed by atoms with Gasteiger partial charge in [0, 0.05) is 17.5 Å². The summed E-state index contributed by atoms with van der Waals surface area (Å²) in [4.78, 5) is 12.5. The molecule has 20 heavy (non-hydrogen) atoms. The molecule has 1 aromatic carbocycles. The lowest BCUT2D eigenvalue weighted by molar-refractivity contribution is 0.0913. The number of thiophene rings is 1. The summed E-state index contributed by atoms with van der Waals surface area (Å²) in [5.41, 5.74) is 0.686. The molecule has 1 unspecified atom stereocenters. The first-order chi connectivity index (χ1) is 9.49. The van der Waals surface area contributed by atoms with Gasteiger partial charge in [-0.05, 0) is 36.1 Å². The van der Waals surface area contributed by atoms with Gasteiger partial charge in [0.15, 0.2) is 0 Å². The minimum atomic E-state index is -0.927. The maximum Gasteiger partial charge on any atom is 0.254 e. The van der Waals surface area contributed by atoms with Crippen LogP contribution in [0, 0.1) is 18.6 Å². The lowest BCUT2D eigenvalue weighted by atomic mass is 10.1. The highest BCUT2D eigenvalue weighted by atomic mass is 32.1. The van der Waals surface area contributed by atoms with E-state index in [1.807, 2.05) is 18.4 Å². The number of carbonyl (C=O) groups is 1. The quantitative estimate of drug-likeness (QED) is 0.911. The van der Waals surface area contributed by atoms with Gasteiger partial charge in [-0.2, -0.15) is 0 Å². The van der Waals surface area contributed by atoms with Crippen molar-refractivity contribution in [2.24, 2.45) is 0 Å². The summed E-state index contributed by atoms with van der Waals surface area (Å²) in [5.74, 6) is -2.35. The standard InChI is InChI=1S/C14H13F2NO2S/c1-8-4-5-20-13(8)12(18)7-17-14(19)10-3-2-9(15)6-11(10)16/h2-6,12,18H,7H2,1H3,(H,17,19). The number of nitrogens with one attached hydrogen (secondary N) is 1. The Hall–Kier alpha value is -1.79. The predicted octanol–water partition coefficient (Wildman–Crippen LogP) is 2.80. The normalized spacial score (nSPS) is 12.2. The Kier molecular flexibility index (Phi) is 4.46. The molecule has 6 heteroatoms. The third kappa shape index (κ3) is 3.20. The van der Waals surface area contributed by atoms with Crippen molar-refractivity contribution in [3.63, 3.8) is 0 Å². The number of carbonyl (C=O) groups excluding carboxylic acids is 1. The third-order valence-corrected chi connectivity index (χ3v) is 3.96. The Labute approximate surface area is 118 Å². The fourth-order valence-electron chi connectivity index (χ4n) is 1.78. The lowest BCUT2D eigenvalue weighted by Crippen LogP contribution is -2.29. The van der Waals surface area contributed by atoms with E-state index in [1.54, 1.807) is 0 Å². The van der Waals surface area contributed by atoms with Crippen molar-refractivity contribution in [2.75, 3.05) is 6.54 Å². The van der Waals surface area contributed by atoms with Crippen molar-refractivity contribution in [3.05, 3.63) is 57.3 Å². The molecule has 1 aromatic heterocycles. The number of rotatable bonds is 4. The van der Waals surface area contributed by atoms with Gasteiger partial charge in [-0.3, -0.25) is 4.79 Å². The average molecular weight is 297 g/mol. The topological polar surface area (TPSA) is 49.3 Å². The summed E-state index contributed by atoms with van der Waals surface area (Å²) in [6.07, 6.45) is -0.845. The molecule has 1 atom stereocenters. The highest BCUT2D eigenvalue weighted by molar-refractivity contribution is 7.10. The Bertz CT molecular complexity index is 627. The van der Waals surface area contributed by atoms with E-state index in [1.165, 1.54) is 11.3 Å². The summed E-state index contributed by atoms with van der Waals surface area (Å²) >= 11 is 1.39. The second kappa shape index (κ2) is 6.11. The number of aliphatic hydroxyl groups is 1. The van der Waals surface area contributed by atoms with Crippen LogP contribution in [-0.4, -0.2) is 17.6 Å². The highest BCUT2D eigenvalue weighted by Gasteiger charge is 2.16. The summed E-state index contributed by atoms with van der Waals surface area (Å²) in [5, 5.41) is 14.2. The zero-order valence-corrected chi connectivity index (χ0v) is 11.5. The second-order valence-electron chi connectivity index (χ2n) is 4.32. The lowest BCUT2D eigenvalue weighted by Gasteiger charge is -2.12. The van der Waals surface area contributed by atoms with Crippen LogP contribution in [0.4, 0.5) is 8.78 Å².